The molecule has 1 aliphatic heterocycles. The second kappa shape index (κ2) is 7.59. The highest BCUT2D eigenvalue weighted by Crippen LogP contribution is 2.16. The number of pyridine rings is 1. The summed E-state index contributed by atoms with van der Waals surface area (Å²) in [6.07, 6.45) is 2.79. The number of amides is 1. The number of carbonyl (C=O) groups is 1. The fourth-order valence-electron chi connectivity index (χ4n) is 2.55. The Labute approximate surface area is 136 Å². The second-order valence-corrected chi connectivity index (χ2v) is 4.97. The molecule has 4 nitrogen and oxygen atoms in total. The van der Waals surface area contributed by atoms with E-state index < -0.39 is 0 Å². The lowest BCUT2D eigenvalue weighted by Gasteiger charge is -2.23. The number of benzene rings is 1. The summed E-state index contributed by atoms with van der Waals surface area (Å²) < 4.78 is 0. The molecule has 0 bridgehead atoms. The van der Waals surface area contributed by atoms with Crippen LogP contribution < -0.4 is 5.32 Å². The molecule has 3 rings (SSSR count). The Morgan fingerprint density at radius 3 is 2.86 bits per heavy atom. The quantitative estimate of drug-likeness (QED) is 0.921. The van der Waals surface area contributed by atoms with Crippen LogP contribution in [0.15, 0.2) is 36.5 Å². The second-order valence-electron chi connectivity index (χ2n) is 4.97. The van der Waals surface area contributed by atoms with E-state index >= 15 is 0 Å². The molecule has 6 heteroatoms. The molecule has 1 saturated heterocycles. The number of nitrogens with one attached hydrogen (secondary N) is 1. The topological polar surface area (TPSA) is 45.2 Å². The molecule has 2 heterocycles. The van der Waals surface area contributed by atoms with Crippen LogP contribution in [-0.2, 0) is 0 Å². The van der Waals surface area contributed by atoms with Crippen molar-refractivity contribution in [3.63, 3.8) is 0 Å². The van der Waals surface area contributed by atoms with Crippen LogP contribution in [0, 0.1) is 0 Å². The summed E-state index contributed by atoms with van der Waals surface area (Å²) >= 11 is 0. The van der Waals surface area contributed by atoms with Gasteiger partial charge in [-0.3, -0.25) is 9.78 Å². The summed E-state index contributed by atoms with van der Waals surface area (Å²) in [5, 5.41) is 4.29. The molecule has 1 fully saturated rings. The Hall–Kier alpha value is -1.36. The Balaban J connectivity index is 0.00000110. The molecule has 1 unspecified atom stereocenters. The van der Waals surface area contributed by atoms with Gasteiger partial charge in [0.15, 0.2) is 0 Å². The van der Waals surface area contributed by atoms with Crippen molar-refractivity contribution >= 4 is 41.6 Å². The zero-order chi connectivity index (χ0) is 13.2. The molecule has 1 aromatic carbocycles. The maximum absolute atomic E-state index is 12.5. The fraction of sp³-hybridized carbons (Fsp3) is 0.333. The lowest BCUT2D eigenvalue weighted by molar-refractivity contribution is 0.0744. The number of fused-ring (bicyclic) bond motifs is 1. The number of carbonyl (C=O) groups excluding carboxylic acids is 1. The SMILES string of the molecule is CN(C(=O)c1ccc2ncccc2c1)C1CCNC1.Cl.Cl. The first-order chi connectivity index (χ1) is 9.25. The average molecular weight is 328 g/mol. The van der Waals surface area contributed by atoms with Gasteiger partial charge in [0.2, 0.25) is 0 Å². The van der Waals surface area contributed by atoms with E-state index in [1.165, 1.54) is 0 Å². The molecule has 114 valence electrons. The molecule has 1 aromatic heterocycles. The van der Waals surface area contributed by atoms with E-state index in [-0.39, 0.29) is 30.7 Å². The number of aromatic nitrogens is 1. The zero-order valence-electron chi connectivity index (χ0n) is 11.8. The van der Waals surface area contributed by atoms with Gasteiger partial charge in [-0.05, 0) is 37.2 Å². The molecular weight excluding hydrogens is 309 g/mol. The van der Waals surface area contributed by atoms with Gasteiger partial charge in [0.05, 0.1) is 5.52 Å². The van der Waals surface area contributed by atoms with E-state index in [1.54, 1.807) is 6.20 Å². The number of rotatable bonds is 2. The van der Waals surface area contributed by atoms with Gasteiger partial charge in [0.1, 0.15) is 0 Å². The average Bonchev–Trinajstić information content (AvgIpc) is 2.99. The Bertz CT molecular complexity index is 615. The Morgan fingerprint density at radius 1 is 1.33 bits per heavy atom. The monoisotopic (exact) mass is 327 g/mol. The number of halogens is 2. The van der Waals surface area contributed by atoms with Gasteiger partial charge < -0.3 is 10.2 Å². The van der Waals surface area contributed by atoms with Crippen molar-refractivity contribution in [2.45, 2.75) is 12.5 Å². The third-order valence-electron chi connectivity index (χ3n) is 3.75. The normalized spacial score (nSPS) is 16.9. The van der Waals surface area contributed by atoms with Crippen molar-refractivity contribution in [2.75, 3.05) is 20.1 Å². The molecule has 21 heavy (non-hydrogen) atoms. The van der Waals surface area contributed by atoms with Gasteiger partial charge in [-0.15, -0.1) is 24.8 Å². The van der Waals surface area contributed by atoms with Crippen LogP contribution in [0.5, 0.6) is 0 Å². The van der Waals surface area contributed by atoms with Gasteiger partial charge in [-0.2, -0.15) is 0 Å². The fourth-order valence-corrected chi connectivity index (χ4v) is 2.55. The first-order valence-corrected chi connectivity index (χ1v) is 6.58. The summed E-state index contributed by atoms with van der Waals surface area (Å²) in [4.78, 5) is 18.6. The standard InChI is InChI=1S/C15H17N3O.2ClH/c1-18(13-6-8-16-10-13)15(19)12-4-5-14-11(9-12)3-2-7-17-14;;/h2-5,7,9,13,16H,6,8,10H2,1H3;2*1H. The van der Waals surface area contributed by atoms with Gasteiger partial charge in [0, 0.05) is 36.8 Å². The lowest BCUT2D eigenvalue weighted by Crippen LogP contribution is -2.38. The highest BCUT2D eigenvalue weighted by Gasteiger charge is 2.23. The van der Waals surface area contributed by atoms with Crippen LogP contribution in [-0.4, -0.2) is 42.0 Å². The summed E-state index contributed by atoms with van der Waals surface area (Å²) in [6.45, 7) is 1.88. The van der Waals surface area contributed by atoms with Crippen molar-refractivity contribution in [1.29, 1.82) is 0 Å². The van der Waals surface area contributed by atoms with Crippen LogP contribution in [0.3, 0.4) is 0 Å². The maximum atomic E-state index is 12.5. The maximum Gasteiger partial charge on any atom is 0.253 e. The molecule has 0 aliphatic carbocycles. The summed E-state index contributed by atoms with van der Waals surface area (Å²) in [5.41, 5.74) is 1.65. The third kappa shape index (κ3) is 3.64. The minimum atomic E-state index is 0. The van der Waals surface area contributed by atoms with E-state index in [0.29, 0.717) is 6.04 Å². The van der Waals surface area contributed by atoms with Crippen LogP contribution in [0.2, 0.25) is 0 Å². The van der Waals surface area contributed by atoms with Gasteiger partial charge in [-0.25, -0.2) is 0 Å². The van der Waals surface area contributed by atoms with Crippen LogP contribution in [0.25, 0.3) is 10.9 Å². The molecule has 0 spiro atoms. The minimum absolute atomic E-state index is 0. The first kappa shape index (κ1) is 17.7. The predicted molar refractivity (Wildman–Crippen MR) is 89.6 cm³/mol. The minimum Gasteiger partial charge on any atom is -0.337 e. The molecule has 0 radical (unpaired) electrons. The molecule has 1 amide bonds. The number of nitrogens with zero attached hydrogens (tertiary/aromatic N) is 2. The Morgan fingerprint density at radius 2 is 2.14 bits per heavy atom. The highest BCUT2D eigenvalue weighted by molar-refractivity contribution is 5.98. The number of hydrogen-bond acceptors (Lipinski definition) is 3. The summed E-state index contributed by atoms with van der Waals surface area (Å²) in [5.74, 6) is 0.0828. The number of hydrogen-bond donors (Lipinski definition) is 1. The molecule has 1 aliphatic rings. The van der Waals surface area contributed by atoms with E-state index in [0.717, 1.165) is 36.0 Å². The molecule has 1 atom stereocenters. The highest BCUT2D eigenvalue weighted by atomic mass is 35.5. The molecule has 1 N–H and O–H groups in total. The smallest absolute Gasteiger partial charge is 0.253 e. The van der Waals surface area contributed by atoms with Crippen LogP contribution in [0.4, 0.5) is 0 Å². The third-order valence-corrected chi connectivity index (χ3v) is 3.75. The van der Waals surface area contributed by atoms with E-state index in [4.69, 9.17) is 0 Å². The van der Waals surface area contributed by atoms with Crippen molar-refractivity contribution in [3.8, 4) is 0 Å². The summed E-state index contributed by atoms with van der Waals surface area (Å²) in [7, 11) is 1.88. The van der Waals surface area contributed by atoms with Crippen molar-refractivity contribution < 1.29 is 4.79 Å². The van der Waals surface area contributed by atoms with Crippen molar-refractivity contribution in [3.05, 3.63) is 42.1 Å². The van der Waals surface area contributed by atoms with Gasteiger partial charge in [0.25, 0.3) is 5.91 Å². The predicted octanol–water partition coefficient (Wildman–Crippen LogP) is 2.51. The van der Waals surface area contributed by atoms with Crippen molar-refractivity contribution in [2.24, 2.45) is 0 Å². The van der Waals surface area contributed by atoms with E-state index in [9.17, 15) is 4.79 Å². The van der Waals surface area contributed by atoms with Gasteiger partial charge >= 0.3 is 0 Å². The molecule has 2 aromatic rings. The van der Waals surface area contributed by atoms with Gasteiger partial charge in [-0.1, -0.05) is 6.07 Å². The van der Waals surface area contributed by atoms with E-state index in [2.05, 4.69) is 10.3 Å². The van der Waals surface area contributed by atoms with E-state index in [1.807, 2.05) is 42.3 Å². The summed E-state index contributed by atoms with van der Waals surface area (Å²) in [6, 6.07) is 9.86. The zero-order valence-corrected chi connectivity index (χ0v) is 13.4. The van der Waals surface area contributed by atoms with Crippen LogP contribution >= 0.6 is 24.8 Å². The molecule has 0 saturated carbocycles. The van der Waals surface area contributed by atoms with Crippen molar-refractivity contribution in [1.82, 2.24) is 15.2 Å². The first-order valence-electron chi connectivity index (χ1n) is 6.58. The molecular formula is C15H19Cl2N3O. The largest absolute Gasteiger partial charge is 0.337 e. The Kier molecular flexibility index (Phi) is 6.40. The number of likely N-dealkylation sites (N-methyl/N-ethyl adjacent to an activating group) is 1. The van der Waals surface area contributed by atoms with Crippen LogP contribution in [0.1, 0.15) is 16.8 Å². The lowest BCUT2D eigenvalue weighted by atomic mass is 10.1.